The maximum absolute atomic E-state index is 12.7. The largest absolute Gasteiger partial charge is 0.353 e. The van der Waals surface area contributed by atoms with E-state index < -0.39 is 0 Å². The molecule has 1 atom stereocenters. The van der Waals surface area contributed by atoms with Crippen molar-refractivity contribution in [3.63, 3.8) is 0 Å². The molecule has 2 heterocycles. The summed E-state index contributed by atoms with van der Waals surface area (Å²) in [6.07, 6.45) is 2.10. The third-order valence-electron chi connectivity index (χ3n) is 4.41. The summed E-state index contributed by atoms with van der Waals surface area (Å²) >= 11 is 3.44. The van der Waals surface area contributed by atoms with Crippen LogP contribution in [0.1, 0.15) is 38.3 Å². The summed E-state index contributed by atoms with van der Waals surface area (Å²) in [5.74, 6) is -0.0631. The summed E-state index contributed by atoms with van der Waals surface area (Å²) in [6, 6.07) is 5.72. The monoisotopic (exact) mass is 405 g/mol. The number of benzene rings is 1. The number of halogens is 1. The van der Waals surface area contributed by atoms with Gasteiger partial charge in [-0.2, -0.15) is 5.10 Å². The Morgan fingerprint density at radius 1 is 1.40 bits per heavy atom. The van der Waals surface area contributed by atoms with E-state index in [0.717, 1.165) is 34.9 Å². The van der Waals surface area contributed by atoms with Crippen LogP contribution in [0.3, 0.4) is 0 Å². The molecule has 1 radical (unpaired) electrons. The highest BCUT2D eigenvalue weighted by molar-refractivity contribution is 9.10. The fourth-order valence-electron chi connectivity index (χ4n) is 3.10. The number of carbonyl (C=O) groups excluding carboxylic acids is 1. The van der Waals surface area contributed by atoms with Crippen molar-refractivity contribution >= 4 is 32.6 Å². The third-order valence-corrected chi connectivity index (χ3v) is 4.90. The molecule has 1 aromatic heterocycles. The van der Waals surface area contributed by atoms with Gasteiger partial charge in [0.05, 0.1) is 11.1 Å². The number of rotatable bonds is 5. The van der Waals surface area contributed by atoms with Crippen molar-refractivity contribution in [2.75, 3.05) is 13.1 Å². The van der Waals surface area contributed by atoms with E-state index in [2.05, 4.69) is 31.7 Å². The minimum atomic E-state index is -0.243. The van der Waals surface area contributed by atoms with Crippen molar-refractivity contribution in [3.05, 3.63) is 38.7 Å². The van der Waals surface area contributed by atoms with Gasteiger partial charge >= 0.3 is 0 Å². The molecule has 0 spiro atoms. The molecular formula is C18H22BrN4O2. The van der Waals surface area contributed by atoms with Crippen LogP contribution in [0.2, 0.25) is 0 Å². The second-order valence-corrected chi connectivity index (χ2v) is 7.61. The van der Waals surface area contributed by atoms with Crippen LogP contribution in [0.25, 0.3) is 10.8 Å². The Morgan fingerprint density at radius 2 is 2.20 bits per heavy atom. The zero-order valence-corrected chi connectivity index (χ0v) is 16.0. The van der Waals surface area contributed by atoms with Crippen molar-refractivity contribution in [2.24, 2.45) is 0 Å². The first-order valence-corrected chi connectivity index (χ1v) is 9.38. The first kappa shape index (κ1) is 18.1. The molecule has 0 bridgehead atoms. The normalized spacial score (nSPS) is 17.4. The van der Waals surface area contributed by atoms with Gasteiger partial charge in [-0.05, 0) is 37.0 Å². The van der Waals surface area contributed by atoms with E-state index in [9.17, 15) is 9.59 Å². The van der Waals surface area contributed by atoms with E-state index in [1.807, 2.05) is 26.0 Å². The number of carbonyl (C=O) groups is 1. The predicted octanol–water partition coefficient (Wildman–Crippen LogP) is 2.17. The van der Waals surface area contributed by atoms with Crippen LogP contribution in [-0.4, -0.2) is 34.8 Å². The SMILES string of the molecule is CC(C)c1nn(CC(=O)NCC2CCC[N]2)c(=O)c2ccc(Br)cc12. The summed E-state index contributed by atoms with van der Waals surface area (Å²) in [5.41, 5.74) is 0.571. The van der Waals surface area contributed by atoms with Crippen LogP contribution < -0.4 is 16.2 Å². The fraction of sp³-hybridized carbons (Fsp3) is 0.500. The summed E-state index contributed by atoms with van der Waals surface area (Å²) in [4.78, 5) is 24.9. The predicted molar refractivity (Wildman–Crippen MR) is 101 cm³/mol. The van der Waals surface area contributed by atoms with Crippen molar-refractivity contribution in [1.82, 2.24) is 20.4 Å². The molecule has 2 aromatic rings. The molecule has 25 heavy (non-hydrogen) atoms. The van der Waals surface area contributed by atoms with Gasteiger partial charge in [0.2, 0.25) is 5.91 Å². The highest BCUT2D eigenvalue weighted by Crippen LogP contribution is 2.24. The van der Waals surface area contributed by atoms with Gasteiger partial charge in [0.25, 0.3) is 5.56 Å². The lowest BCUT2D eigenvalue weighted by Gasteiger charge is -2.14. The molecule has 6 nitrogen and oxygen atoms in total. The average molecular weight is 406 g/mol. The number of hydrogen-bond donors (Lipinski definition) is 1. The minimum absolute atomic E-state index is 0.0721. The summed E-state index contributed by atoms with van der Waals surface area (Å²) < 4.78 is 2.17. The van der Waals surface area contributed by atoms with Crippen molar-refractivity contribution < 1.29 is 4.79 Å². The average Bonchev–Trinajstić information content (AvgIpc) is 3.08. The van der Waals surface area contributed by atoms with E-state index in [0.29, 0.717) is 11.9 Å². The standard InChI is InChI=1S/C18H22BrN4O2/c1-11(2)17-15-8-12(19)5-6-14(15)18(25)23(22-17)10-16(24)21-9-13-4-3-7-20-13/h5-6,8,11,13H,3-4,7,9-10H2,1-2H3,(H,21,24). The Balaban J connectivity index is 1.85. The number of fused-ring (bicyclic) bond motifs is 1. The van der Waals surface area contributed by atoms with Crippen LogP contribution in [0.5, 0.6) is 0 Å². The zero-order valence-electron chi connectivity index (χ0n) is 14.5. The van der Waals surface area contributed by atoms with Gasteiger partial charge < -0.3 is 5.32 Å². The maximum atomic E-state index is 12.7. The van der Waals surface area contributed by atoms with Gasteiger partial charge in [0.1, 0.15) is 6.54 Å². The Morgan fingerprint density at radius 3 is 2.88 bits per heavy atom. The number of amides is 1. The van der Waals surface area contributed by atoms with Crippen molar-refractivity contribution in [1.29, 1.82) is 0 Å². The van der Waals surface area contributed by atoms with Crippen LogP contribution in [0.15, 0.2) is 27.5 Å². The molecule has 1 aliphatic heterocycles. The topological polar surface area (TPSA) is 78.1 Å². The second-order valence-electron chi connectivity index (χ2n) is 6.70. The van der Waals surface area contributed by atoms with Crippen molar-refractivity contribution in [2.45, 2.75) is 45.2 Å². The number of aromatic nitrogens is 2. The molecule has 7 heteroatoms. The highest BCUT2D eigenvalue weighted by Gasteiger charge is 2.18. The molecule has 133 valence electrons. The van der Waals surface area contributed by atoms with Crippen LogP contribution in [0, 0.1) is 0 Å². The lowest BCUT2D eigenvalue weighted by Crippen LogP contribution is -2.39. The lowest BCUT2D eigenvalue weighted by molar-refractivity contribution is -0.122. The highest BCUT2D eigenvalue weighted by atomic mass is 79.9. The molecule has 1 aromatic carbocycles. The number of hydrogen-bond acceptors (Lipinski definition) is 3. The van der Waals surface area contributed by atoms with Gasteiger partial charge in [0, 0.05) is 29.0 Å². The van der Waals surface area contributed by atoms with E-state index in [1.165, 1.54) is 4.68 Å². The van der Waals surface area contributed by atoms with Gasteiger partial charge in [-0.15, -0.1) is 0 Å². The smallest absolute Gasteiger partial charge is 0.275 e. The summed E-state index contributed by atoms with van der Waals surface area (Å²) in [6.45, 7) is 5.39. The molecule has 1 saturated heterocycles. The molecule has 1 N–H and O–H groups in total. The summed E-state index contributed by atoms with van der Waals surface area (Å²) in [5, 5.41) is 13.2. The van der Waals surface area contributed by atoms with Crippen LogP contribution in [-0.2, 0) is 11.3 Å². The van der Waals surface area contributed by atoms with Gasteiger partial charge in [-0.3, -0.25) is 9.59 Å². The van der Waals surface area contributed by atoms with Crippen LogP contribution in [0.4, 0.5) is 0 Å². The Bertz CT molecular complexity index is 841. The molecular weight excluding hydrogens is 384 g/mol. The van der Waals surface area contributed by atoms with E-state index in [4.69, 9.17) is 0 Å². The molecule has 0 aliphatic carbocycles. The molecule has 1 unspecified atom stereocenters. The van der Waals surface area contributed by atoms with Gasteiger partial charge in [-0.1, -0.05) is 29.8 Å². The Labute approximate surface area is 155 Å². The lowest BCUT2D eigenvalue weighted by atomic mass is 10.0. The zero-order chi connectivity index (χ0) is 18.0. The molecule has 1 aliphatic rings. The first-order chi connectivity index (χ1) is 12.0. The molecule has 3 rings (SSSR count). The first-order valence-electron chi connectivity index (χ1n) is 8.59. The number of nitrogens with zero attached hydrogens (tertiary/aromatic N) is 3. The molecule has 1 fully saturated rings. The Kier molecular flexibility index (Phi) is 5.54. The molecule has 1 amide bonds. The molecule has 0 saturated carbocycles. The fourth-order valence-corrected chi connectivity index (χ4v) is 3.46. The Hall–Kier alpha value is -1.73. The van der Waals surface area contributed by atoms with Gasteiger partial charge in [-0.25, -0.2) is 10.00 Å². The minimum Gasteiger partial charge on any atom is -0.353 e. The van der Waals surface area contributed by atoms with E-state index >= 15 is 0 Å². The van der Waals surface area contributed by atoms with Crippen LogP contribution >= 0.6 is 15.9 Å². The van der Waals surface area contributed by atoms with Gasteiger partial charge in [0.15, 0.2) is 0 Å². The van der Waals surface area contributed by atoms with E-state index in [1.54, 1.807) is 6.07 Å². The number of nitrogens with one attached hydrogen (secondary N) is 1. The quantitative estimate of drug-likeness (QED) is 0.827. The third kappa shape index (κ3) is 4.10. The second kappa shape index (κ2) is 7.66. The summed E-state index contributed by atoms with van der Waals surface area (Å²) in [7, 11) is 0. The van der Waals surface area contributed by atoms with Crippen molar-refractivity contribution in [3.8, 4) is 0 Å². The van der Waals surface area contributed by atoms with E-state index in [-0.39, 0.29) is 30.0 Å². The maximum Gasteiger partial charge on any atom is 0.275 e.